The number of rotatable bonds is 6. The SMILES string of the molecule is CCCOc1ccnc(NCc2cn[nH]c2)n1. The highest BCUT2D eigenvalue weighted by Gasteiger charge is 2.00. The second-order valence-corrected chi connectivity index (χ2v) is 3.53. The van der Waals surface area contributed by atoms with E-state index >= 15 is 0 Å². The fourth-order valence-electron chi connectivity index (χ4n) is 1.27. The summed E-state index contributed by atoms with van der Waals surface area (Å²) in [6, 6.07) is 1.75. The zero-order valence-electron chi connectivity index (χ0n) is 9.68. The Morgan fingerprint density at radius 1 is 1.47 bits per heavy atom. The van der Waals surface area contributed by atoms with E-state index in [1.165, 1.54) is 0 Å². The summed E-state index contributed by atoms with van der Waals surface area (Å²) < 4.78 is 5.42. The molecule has 0 saturated carbocycles. The zero-order chi connectivity index (χ0) is 11.9. The fourth-order valence-corrected chi connectivity index (χ4v) is 1.27. The number of aromatic amines is 1. The standard InChI is InChI=1S/C11H15N5O/c1-2-5-17-10-3-4-12-11(16-10)13-6-9-7-14-15-8-9/h3-4,7-8H,2,5-6H2,1H3,(H,14,15)(H,12,13,16). The van der Waals surface area contributed by atoms with Crippen LogP contribution in [-0.4, -0.2) is 26.8 Å². The molecule has 0 aliphatic rings. The molecule has 0 aromatic carbocycles. The van der Waals surface area contributed by atoms with Crippen molar-refractivity contribution in [2.45, 2.75) is 19.9 Å². The molecule has 0 aliphatic carbocycles. The number of aromatic nitrogens is 4. The quantitative estimate of drug-likeness (QED) is 0.792. The lowest BCUT2D eigenvalue weighted by Crippen LogP contribution is -2.04. The molecular formula is C11H15N5O. The van der Waals surface area contributed by atoms with Crippen molar-refractivity contribution in [2.24, 2.45) is 0 Å². The first-order valence-corrected chi connectivity index (χ1v) is 5.56. The molecule has 2 aromatic rings. The van der Waals surface area contributed by atoms with Crippen LogP contribution in [0.3, 0.4) is 0 Å². The maximum absolute atomic E-state index is 5.42. The Morgan fingerprint density at radius 3 is 3.18 bits per heavy atom. The lowest BCUT2D eigenvalue weighted by Gasteiger charge is -2.06. The molecule has 90 valence electrons. The molecule has 2 heterocycles. The predicted octanol–water partition coefficient (Wildman–Crippen LogP) is 1.60. The van der Waals surface area contributed by atoms with Gasteiger partial charge in [-0.15, -0.1) is 0 Å². The number of anilines is 1. The number of nitrogens with zero attached hydrogens (tertiary/aromatic N) is 3. The lowest BCUT2D eigenvalue weighted by atomic mass is 10.4. The van der Waals surface area contributed by atoms with Crippen molar-refractivity contribution >= 4 is 5.95 Å². The van der Waals surface area contributed by atoms with Crippen LogP contribution in [0, 0.1) is 0 Å². The first-order valence-electron chi connectivity index (χ1n) is 5.56. The number of ether oxygens (including phenoxy) is 1. The smallest absolute Gasteiger partial charge is 0.226 e. The Balaban J connectivity index is 1.91. The third kappa shape index (κ3) is 3.44. The highest BCUT2D eigenvalue weighted by Crippen LogP contribution is 2.09. The average Bonchev–Trinajstić information content (AvgIpc) is 2.87. The van der Waals surface area contributed by atoms with Gasteiger partial charge in [-0.3, -0.25) is 5.10 Å². The maximum atomic E-state index is 5.42. The minimum atomic E-state index is 0.555. The van der Waals surface area contributed by atoms with Gasteiger partial charge in [0.25, 0.3) is 0 Å². The minimum Gasteiger partial charge on any atom is -0.478 e. The van der Waals surface area contributed by atoms with Crippen molar-refractivity contribution in [3.63, 3.8) is 0 Å². The molecule has 0 spiro atoms. The van der Waals surface area contributed by atoms with Crippen molar-refractivity contribution in [1.82, 2.24) is 20.2 Å². The third-order valence-corrected chi connectivity index (χ3v) is 2.09. The molecule has 0 fully saturated rings. The number of nitrogens with one attached hydrogen (secondary N) is 2. The van der Waals surface area contributed by atoms with Crippen LogP contribution in [0.2, 0.25) is 0 Å². The Labute approximate surface area is 99.4 Å². The van der Waals surface area contributed by atoms with Gasteiger partial charge in [0.05, 0.1) is 12.8 Å². The average molecular weight is 233 g/mol. The van der Waals surface area contributed by atoms with Gasteiger partial charge in [-0.05, 0) is 6.42 Å². The van der Waals surface area contributed by atoms with Crippen LogP contribution < -0.4 is 10.1 Å². The number of H-pyrrole nitrogens is 1. The van der Waals surface area contributed by atoms with Crippen LogP contribution in [0.15, 0.2) is 24.7 Å². The van der Waals surface area contributed by atoms with Gasteiger partial charge in [0, 0.05) is 30.6 Å². The summed E-state index contributed by atoms with van der Waals surface area (Å²) in [6.07, 6.45) is 6.21. The van der Waals surface area contributed by atoms with Crippen molar-refractivity contribution in [3.05, 3.63) is 30.2 Å². The van der Waals surface area contributed by atoms with Gasteiger partial charge < -0.3 is 10.1 Å². The summed E-state index contributed by atoms with van der Waals surface area (Å²) in [7, 11) is 0. The van der Waals surface area contributed by atoms with Crippen LogP contribution in [0.1, 0.15) is 18.9 Å². The summed E-state index contributed by atoms with van der Waals surface area (Å²) in [6.45, 7) is 3.35. The Hall–Kier alpha value is -2.11. The molecular weight excluding hydrogens is 218 g/mol. The number of hydrogen-bond donors (Lipinski definition) is 2. The van der Waals surface area contributed by atoms with E-state index < -0.39 is 0 Å². The molecule has 0 aliphatic heterocycles. The highest BCUT2D eigenvalue weighted by atomic mass is 16.5. The van der Waals surface area contributed by atoms with E-state index in [1.54, 1.807) is 18.5 Å². The van der Waals surface area contributed by atoms with Gasteiger partial charge in [-0.2, -0.15) is 10.1 Å². The highest BCUT2D eigenvalue weighted by molar-refractivity contribution is 5.28. The monoisotopic (exact) mass is 233 g/mol. The van der Waals surface area contributed by atoms with Gasteiger partial charge >= 0.3 is 0 Å². The predicted molar refractivity (Wildman–Crippen MR) is 63.7 cm³/mol. The van der Waals surface area contributed by atoms with Crippen LogP contribution >= 0.6 is 0 Å². The molecule has 0 saturated heterocycles. The van der Waals surface area contributed by atoms with Crippen LogP contribution in [0.5, 0.6) is 5.88 Å². The molecule has 0 bridgehead atoms. The molecule has 0 atom stereocenters. The second kappa shape index (κ2) is 5.83. The van der Waals surface area contributed by atoms with Crippen LogP contribution in [0.25, 0.3) is 0 Å². The van der Waals surface area contributed by atoms with Crippen molar-refractivity contribution in [1.29, 1.82) is 0 Å². The molecule has 0 radical (unpaired) electrons. The van der Waals surface area contributed by atoms with E-state index in [1.807, 2.05) is 6.20 Å². The van der Waals surface area contributed by atoms with Gasteiger partial charge in [0.15, 0.2) is 0 Å². The van der Waals surface area contributed by atoms with E-state index in [4.69, 9.17) is 4.74 Å². The van der Waals surface area contributed by atoms with E-state index in [0.29, 0.717) is 25.0 Å². The van der Waals surface area contributed by atoms with Crippen molar-refractivity contribution in [2.75, 3.05) is 11.9 Å². The van der Waals surface area contributed by atoms with Crippen LogP contribution in [-0.2, 0) is 6.54 Å². The van der Waals surface area contributed by atoms with Crippen molar-refractivity contribution < 1.29 is 4.74 Å². The third-order valence-electron chi connectivity index (χ3n) is 2.09. The van der Waals surface area contributed by atoms with E-state index in [2.05, 4.69) is 32.4 Å². The largest absolute Gasteiger partial charge is 0.478 e. The first-order chi connectivity index (χ1) is 8.38. The van der Waals surface area contributed by atoms with Crippen molar-refractivity contribution in [3.8, 4) is 5.88 Å². The summed E-state index contributed by atoms with van der Waals surface area (Å²) in [5, 5.41) is 9.71. The summed E-state index contributed by atoms with van der Waals surface area (Å²) in [4.78, 5) is 8.35. The molecule has 2 aromatic heterocycles. The summed E-state index contributed by atoms with van der Waals surface area (Å²) in [5.41, 5.74) is 1.05. The van der Waals surface area contributed by atoms with Gasteiger partial charge in [-0.25, -0.2) is 4.98 Å². The molecule has 2 N–H and O–H groups in total. The number of hydrogen-bond acceptors (Lipinski definition) is 5. The lowest BCUT2D eigenvalue weighted by molar-refractivity contribution is 0.305. The fraction of sp³-hybridized carbons (Fsp3) is 0.364. The van der Waals surface area contributed by atoms with Gasteiger partial charge in [0.1, 0.15) is 0 Å². The Morgan fingerprint density at radius 2 is 2.41 bits per heavy atom. The van der Waals surface area contributed by atoms with Gasteiger partial charge in [0.2, 0.25) is 11.8 Å². The Kier molecular flexibility index (Phi) is 3.90. The molecule has 2 rings (SSSR count). The molecule has 0 amide bonds. The van der Waals surface area contributed by atoms with E-state index in [0.717, 1.165) is 12.0 Å². The Bertz CT molecular complexity index is 443. The normalized spacial score (nSPS) is 10.2. The first kappa shape index (κ1) is 11.4. The van der Waals surface area contributed by atoms with Crippen LogP contribution in [0.4, 0.5) is 5.95 Å². The minimum absolute atomic E-state index is 0.555. The maximum Gasteiger partial charge on any atom is 0.226 e. The summed E-state index contributed by atoms with van der Waals surface area (Å²) >= 11 is 0. The topological polar surface area (TPSA) is 75.7 Å². The second-order valence-electron chi connectivity index (χ2n) is 3.53. The molecule has 6 nitrogen and oxygen atoms in total. The molecule has 6 heteroatoms. The summed E-state index contributed by atoms with van der Waals surface area (Å²) in [5.74, 6) is 1.15. The molecule has 0 unspecified atom stereocenters. The molecule has 17 heavy (non-hydrogen) atoms. The van der Waals surface area contributed by atoms with E-state index in [9.17, 15) is 0 Å². The van der Waals surface area contributed by atoms with Gasteiger partial charge in [-0.1, -0.05) is 6.92 Å². The van der Waals surface area contributed by atoms with E-state index in [-0.39, 0.29) is 0 Å². The zero-order valence-corrected chi connectivity index (χ0v) is 9.68.